The summed E-state index contributed by atoms with van der Waals surface area (Å²) < 4.78 is 16.6. The lowest BCUT2D eigenvalue weighted by Gasteiger charge is -2.20. The van der Waals surface area contributed by atoms with Gasteiger partial charge in [0, 0.05) is 24.8 Å². The molecule has 0 atom stereocenters. The molecule has 1 rings (SSSR count). The lowest BCUT2D eigenvalue weighted by atomic mass is 10.2. The van der Waals surface area contributed by atoms with Gasteiger partial charge in [0.1, 0.15) is 5.75 Å². The van der Waals surface area contributed by atoms with E-state index in [1.165, 1.54) is 0 Å². The summed E-state index contributed by atoms with van der Waals surface area (Å²) in [6, 6.07) is 7.34. The number of hydrogen-bond acceptors (Lipinski definition) is 4. The lowest BCUT2D eigenvalue weighted by Crippen LogP contribution is -2.21. The van der Waals surface area contributed by atoms with Crippen molar-refractivity contribution in [1.29, 1.82) is 0 Å². The Labute approximate surface area is 93.1 Å². The van der Waals surface area contributed by atoms with E-state index >= 15 is 0 Å². The van der Waals surface area contributed by atoms with E-state index in [-0.39, 0.29) is 0 Å². The van der Waals surface area contributed by atoms with Gasteiger partial charge in [-0.3, -0.25) is 0 Å². The standard InChI is InChI=1S/C10H15NO.O2S/c1-3-11(4-2)9-6-5-7-10(12)8-9;1-3-2/h5-8,12H,3-4H2,1-2H3;. The maximum absolute atomic E-state index is 9.23. The third-order valence-corrected chi connectivity index (χ3v) is 1.96. The van der Waals surface area contributed by atoms with Gasteiger partial charge in [-0.1, -0.05) is 6.07 Å². The van der Waals surface area contributed by atoms with Gasteiger partial charge in [0.05, 0.1) is 0 Å². The highest BCUT2D eigenvalue weighted by atomic mass is 32.1. The van der Waals surface area contributed by atoms with E-state index in [9.17, 15) is 5.11 Å². The van der Waals surface area contributed by atoms with Gasteiger partial charge in [0.2, 0.25) is 0 Å². The number of aromatic hydroxyl groups is 1. The van der Waals surface area contributed by atoms with Gasteiger partial charge in [-0.15, -0.1) is 0 Å². The van der Waals surface area contributed by atoms with Crippen LogP contribution >= 0.6 is 0 Å². The highest BCUT2D eigenvalue weighted by Crippen LogP contribution is 2.19. The zero-order valence-corrected chi connectivity index (χ0v) is 9.66. The predicted octanol–water partition coefficient (Wildman–Crippen LogP) is 1.57. The number of hydrogen-bond donors (Lipinski definition) is 1. The van der Waals surface area contributed by atoms with E-state index in [0.717, 1.165) is 18.8 Å². The second kappa shape index (κ2) is 7.99. The summed E-state index contributed by atoms with van der Waals surface area (Å²) >= 11 is -0.750. The average Bonchev–Trinajstić information content (AvgIpc) is 2.21. The van der Waals surface area contributed by atoms with Gasteiger partial charge >= 0.3 is 11.6 Å². The first-order chi connectivity index (χ1) is 7.19. The Kier molecular flexibility index (Phi) is 7.27. The molecule has 0 aliphatic heterocycles. The molecule has 15 heavy (non-hydrogen) atoms. The Morgan fingerprint density at radius 3 is 2.20 bits per heavy atom. The van der Waals surface area contributed by atoms with Gasteiger partial charge in [-0.25, -0.2) is 0 Å². The Hall–Kier alpha value is -1.36. The predicted molar refractivity (Wildman–Crippen MR) is 60.6 cm³/mol. The highest BCUT2D eigenvalue weighted by Gasteiger charge is 2.00. The quantitative estimate of drug-likeness (QED) is 0.854. The molecule has 84 valence electrons. The van der Waals surface area contributed by atoms with Crippen molar-refractivity contribution < 1.29 is 13.5 Å². The van der Waals surface area contributed by atoms with Crippen LogP contribution in [0.3, 0.4) is 0 Å². The van der Waals surface area contributed by atoms with Crippen molar-refractivity contribution in [3.63, 3.8) is 0 Å². The van der Waals surface area contributed by atoms with Gasteiger partial charge in [-0.2, -0.15) is 8.42 Å². The zero-order valence-electron chi connectivity index (χ0n) is 8.84. The Morgan fingerprint density at radius 2 is 1.80 bits per heavy atom. The average molecular weight is 229 g/mol. The summed E-state index contributed by atoms with van der Waals surface area (Å²) in [6.45, 7) is 6.15. The minimum atomic E-state index is -0.750. The third kappa shape index (κ3) is 5.17. The fraction of sp³-hybridized carbons (Fsp3) is 0.400. The molecule has 0 spiro atoms. The summed E-state index contributed by atoms with van der Waals surface area (Å²) in [5.74, 6) is 0.333. The number of phenolic OH excluding ortho intramolecular Hbond substituents is 1. The molecule has 4 nitrogen and oxygen atoms in total. The van der Waals surface area contributed by atoms with E-state index in [1.807, 2.05) is 12.1 Å². The van der Waals surface area contributed by atoms with Gasteiger partial charge in [-0.05, 0) is 26.0 Å². The molecule has 0 heterocycles. The molecule has 1 aromatic carbocycles. The van der Waals surface area contributed by atoms with Crippen LogP contribution in [-0.4, -0.2) is 26.6 Å². The first-order valence-electron chi connectivity index (χ1n) is 4.65. The molecular formula is C10H15NO3S. The highest BCUT2D eigenvalue weighted by molar-refractivity contribution is 7.51. The summed E-state index contributed by atoms with van der Waals surface area (Å²) in [4.78, 5) is 2.19. The molecule has 0 radical (unpaired) electrons. The summed E-state index contributed by atoms with van der Waals surface area (Å²) in [6.07, 6.45) is 0. The number of rotatable bonds is 3. The maximum atomic E-state index is 9.23. The minimum absolute atomic E-state index is 0.333. The molecule has 5 heteroatoms. The van der Waals surface area contributed by atoms with Gasteiger partial charge in [0.25, 0.3) is 0 Å². The third-order valence-electron chi connectivity index (χ3n) is 1.96. The van der Waals surface area contributed by atoms with Crippen LogP contribution in [0.15, 0.2) is 24.3 Å². The molecule has 1 N–H and O–H groups in total. The first kappa shape index (κ1) is 13.6. The number of phenols is 1. The van der Waals surface area contributed by atoms with Crippen LogP contribution in [0, 0.1) is 0 Å². The van der Waals surface area contributed by atoms with Crippen LogP contribution in [0.4, 0.5) is 5.69 Å². The van der Waals surface area contributed by atoms with Crippen molar-refractivity contribution in [2.24, 2.45) is 0 Å². The molecule has 0 aromatic heterocycles. The lowest BCUT2D eigenvalue weighted by molar-refractivity contribution is 0.475. The molecule has 0 unspecified atom stereocenters. The van der Waals surface area contributed by atoms with E-state index in [2.05, 4.69) is 18.7 Å². The largest absolute Gasteiger partial charge is 0.508 e. The molecule has 0 aliphatic rings. The van der Waals surface area contributed by atoms with E-state index in [4.69, 9.17) is 8.42 Å². The Balaban J connectivity index is 0.000000583. The van der Waals surface area contributed by atoms with Crippen molar-refractivity contribution in [1.82, 2.24) is 0 Å². The Morgan fingerprint density at radius 1 is 1.27 bits per heavy atom. The zero-order chi connectivity index (χ0) is 11.7. The SMILES string of the molecule is CCN(CC)c1cccc(O)c1.O=S=O. The van der Waals surface area contributed by atoms with E-state index < -0.39 is 11.6 Å². The van der Waals surface area contributed by atoms with Crippen molar-refractivity contribution in [2.75, 3.05) is 18.0 Å². The fourth-order valence-corrected chi connectivity index (χ4v) is 1.28. The van der Waals surface area contributed by atoms with Gasteiger partial charge in [0.15, 0.2) is 0 Å². The number of benzene rings is 1. The van der Waals surface area contributed by atoms with Crippen LogP contribution < -0.4 is 4.90 Å². The topological polar surface area (TPSA) is 57.6 Å². The van der Waals surface area contributed by atoms with Gasteiger partial charge < -0.3 is 10.0 Å². The number of anilines is 1. The molecular weight excluding hydrogens is 214 g/mol. The maximum Gasteiger partial charge on any atom is 0.335 e. The monoisotopic (exact) mass is 229 g/mol. The summed E-state index contributed by atoms with van der Waals surface area (Å²) in [5, 5.41) is 9.23. The molecule has 0 amide bonds. The van der Waals surface area contributed by atoms with E-state index in [1.54, 1.807) is 12.1 Å². The molecule has 0 aliphatic carbocycles. The molecule has 1 aromatic rings. The normalized spacial score (nSPS) is 8.67. The minimum Gasteiger partial charge on any atom is -0.508 e. The molecule has 0 saturated heterocycles. The molecule has 0 saturated carbocycles. The fourth-order valence-electron chi connectivity index (χ4n) is 1.28. The van der Waals surface area contributed by atoms with Crippen LogP contribution in [0.1, 0.15) is 13.8 Å². The van der Waals surface area contributed by atoms with Crippen molar-refractivity contribution in [3.8, 4) is 5.75 Å². The molecule has 0 fully saturated rings. The Bertz CT molecular complexity index is 320. The van der Waals surface area contributed by atoms with Crippen LogP contribution in [0.2, 0.25) is 0 Å². The second-order valence-corrected chi connectivity index (χ2v) is 2.90. The van der Waals surface area contributed by atoms with Crippen LogP contribution in [0.25, 0.3) is 0 Å². The summed E-state index contributed by atoms with van der Waals surface area (Å²) in [5.41, 5.74) is 1.08. The number of nitrogens with zero attached hydrogens (tertiary/aromatic N) is 1. The van der Waals surface area contributed by atoms with Crippen molar-refractivity contribution >= 4 is 17.3 Å². The van der Waals surface area contributed by atoms with Crippen molar-refractivity contribution in [3.05, 3.63) is 24.3 Å². The van der Waals surface area contributed by atoms with Crippen LogP contribution in [-0.2, 0) is 11.6 Å². The summed E-state index contributed by atoms with van der Waals surface area (Å²) in [7, 11) is 0. The molecule has 0 bridgehead atoms. The van der Waals surface area contributed by atoms with Crippen LogP contribution in [0.5, 0.6) is 5.75 Å². The second-order valence-electron chi connectivity index (χ2n) is 2.76. The van der Waals surface area contributed by atoms with E-state index in [0.29, 0.717) is 5.75 Å². The smallest absolute Gasteiger partial charge is 0.335 e. The van der Waals surface area contributed by atoms with Crippen molar-refractivity contribution in [2.45, 2.75) is 13.8 Å². The first-order valence-corrected chi connectivity index (χ1v) is 5.32.